The number of hydrogen-bond donors (Lipinski definition) is 1. The maximum absolute atomic E-state index is 11.6. The Morgan fingerprint density at radius 3 is 2.76 bits per heavy atom. The van der Waals surface area contributed by atoms with Crippen molar-refractivity contribution < 1.29 is 8.42 Å². The maximum Gasteiger partial charge on any atom is 0.154 e. The molecule has 0 bridgehead atoms. The minimum atomic E-state index is -2.85. The van der Waals surface area contributed by atoms with Crippen LogP contribution in [0.5, 0.6) is 0 Å². The average Bonchev–Trinajstić information content (AvgIpc) is 2.61. The molecule has 0 saturated carbocycles. The van der Waals surface area contributed by atoms with E-state index in [2.05, 4.69) is 5.32 Å². The molecule has 5 heteroatoms. The molecule has 0 aromatic heterocycles. The van der Waals surface area contributed by atoms with Crippen molar-refractivity contribution in [3.63, 3.8) is 0 Å². The van der Waals surface area contributed by atoms with Gasteiger partial charge in [0.25, 0.3) is 0 Å². The zero-order valence-corrected chi connectivity index (χ0v) is 11.1. The van der Waals surface area contributed by atoms with Gasteiger partial charge in [0.2, 0.25) is 0 Å². The highest BCUT2D eigenvalue weighted by Gasteiger charge is 2.30. The van der Waals surface area contributed by atoms with Crippen LogP contribution in [0.1, 0.15) is 18.4 Å². The minimum absolute atomic E-state index is 0.218. The largest absolute Gasteiger partial charge is 0.311 e. The lowest BCUT2D eigenvalue weighted by atomic mass is 10.2. The fraction of sp³-hybridized carbons (Fsp3) is 0.500. The zero-order chi connectivity index (χ0) is 12.3. The fourth-order valence-electron chi connectivity index (χ4n) is 2.10. The number of nitrogens with one attached hydrogen (secondary N) is 1. The highest BCUT2D eigenvalue weighted by Crippen LogP contribution is 2.19. The lowest BCUT2D eigenvalue weighted by Crippen LogP contribution is -2.30. The van der Waals surface area contributed by atoms with Crippen LogP contribution in [-0.4, -0.2) is 26.0 Å². The van der Waals surface area contributed by atoms with Crippen LogP contribution in [0.25, 0.3) is 0 Å². The summed E-state index contributed by atoms with van der Waals surface area (Å²) in [5, 5.41) is 3.68. The molecule has 0 radical (unpaired) electrons. The summed E-state index contributed by atoms with van der Waals surface area (Å²) in [5.41, 5.74) is 1.00. The van der Waals surface area contributed by atoms with E-state index in [-0.39, 0.29) is 5.25 Å². The molecule has 1 N–H and O–H groups in total. The van der Waals surface area contributed by atoms with Crippen LogP contribution in [0.15, 0.2) is 24.3 Å². The number of halogens is 1. The molecule has 1 aliphatic rings. The van der Waals surface area contributed by atoms with Gasteiger partial charge in [-0.2, -0.15) is 0 Å². The molecule has 0 aliphatic carbocycles. The van der Waals surface area contributed by atoms with E-state index in [1.165, 1.54) is 0 Å². The van der Waals surface area contributed by atoms with Gasteiger partial charge >= 0.3 is 0 Å². The molecule has 0 spiro atoms. The zero-order valence-electron chi connectivity index (χ0n) is 9.52. The Morgan fingerprint density at radius 2 is 2.12 bits per heavy atom. The average molecular weight is 274 g/mol. The standard InChI is InChI=1S/C12H16ClNO2S/c13-12-6-2-1-4-10(12)8-14-9-11-5-3-7-17(11,15)16/h1-2,4,6,11,14H,3,5,7-9H2. The monoisotopic (exact) mass is 273 g/mol. The van der Waals surface area contributed by atoms with Gasteiger partial charge in [-0.3, -0.25) is 0 Å². The van der Waals surface area contributed by atoms with Crippen molar-refractivity contribution in [1.82, 2.24) is 5.32 Å². The topological polar surface area (TPSA) is 46.2 Å². The molecule has 1 aromatic carbocycles. The van der Waals surface area contributed by atoms with Crippen LogP contribution in [0.2, 0.25) is 5.02 Å². The van der Waals surface area contributed by atoms with Gasteiger partial charge in [-0.05, 0) is 24.5 Å². The van der Waals surface area contributed by atoms with Crippen molar-refractivity contribution in [1.29, 1.82) is 0 Å². The van der Waals surface area contributed by atoms with E-state index in [1.807, 2.05) is 24.3 Å². The third-order valence-corrected chi connectivity index (χ3v) is 5.75. The molecule has 17 heavy (non-hydrogen) atoms. The minimum Gasteiger partial charge on any atom is -0.311 e. The van der Waals surface area contributed by atoms with Gasteiger partial charge in [-0.1, -0.05) is 29.8 Å². The molecule has 1 unspecified atom stereocenters. The lowest BCUT2D eigenvalue weighted by molar-refractivity contribution is 0.574. The Kier molecular flexibility index (Phi) is 4.07. The first kappa shape index (κ1) is 12.9. The molecule has 94 valence electrons. The Morgan fingerprint density at radius 1 is 1.35 bits per heavy atom. The van der Waals surface area contributed by atoms with Crippen molar-refractivity contribution >= 4 is 21.4 Å². The van der Waals surface area contributed by atoms with E-state index >= 15 is 0 Å². The van der Waals surface area contributed by atoms with Gasteiger partial charge in [-0.15, -0.1) is 0 Å². The number of sulfone groups is 1. The van der Waals surface area contributed by atoms with Gasteiger partial charge in [0.05, 0.1) is 11.0 Å². The summed E-state index contributed by atoms with van der Waals surface area (Å²) < 4.78 is 23.2. The lowest BCUT2D eigenvalue weighted by Gasteiger charge is -2.11. The summed E-state index contributed by atoms with van der Waals surface area (Å²) >= 11 is 6.02. The summed E-state index contributed by atoms with van der Waals surface area (Å²) in [4.78, 5) is 0. The summed E-state index contributed by atoms with van der Waals surface area (Å²) in [6.07, 6.45) is 1.57. The predicted molar refractivity (Wildman–Crippen MR) is 70.0 cm³/mol. The molecule has 1 aromatic rings. The first-order valence-corrected chi connectivity index (χ1v) is 7.84. The molecular weight excluding hydrogens is 258 g/mol. The van der Waals surface area contributed by atoms with Gasteiger partial charge in [0, 0.05) is 18.1 Å². The smallest absolute Gasteiger partial charge is 0.154 e. The highest BCUT2D eigenvalue weighted by molar-refractivity contribution is 7.92. The van der Waals surface area contributed by atoms with E-state index in [1.54, 1.807) is 0 Å². The second-order valence-corrected chi connectivity index (χ2v) is 7.16. The van der Waals surface area contributed by atoms with E-state index in [0.29, 0.717) is 23.9 Å². The molecule has 1 saturated heterocycles. The molecule has 1 atom stereocenters. The summed E-state index contributed by atoms with van der Waals surface area (Å²) in [6.45, 7) is 1.14. The Balaban J connectivity index is 1.86. The predicted octanol–water partition coefficient (Wildman–Crippen LogP) is 2.01. The number of rotatable bonds is 4. The van der Waals surface area contributed by atoms with Crippen molar-refractivity contribution in [3.05, 3.63) is 34.9 Å². The second-order valence-electron chi connectivity index (χ2n) is 4.35. The van der Waals surface area contributed by atoms with Crippen molar-refractivity contribution in [3.8, 4) is 0 Å². The molecule has 0 amide bonds. The second kappa shape index (κ2) is 5.38. The van der Waals surface area contributed by atoms with E-state index < -0.39 is 9.84 Å². The van der Waals surface area contributed by atoms with E-state index in [0.717, 1.165) is 18.4 Å². The van der Waals surface area contributed by atoms with E-state index in [4.69, 9.17) is 11.6 Å². The normalized spacial score (nSPS) is 22.8. The SMILES string of the molecule is O=S1(=O)CCCC1CNCc1ccccc1Cl. The third-order valence-electron chi connectivity index (χ3n) is 3.11. The first-order valence-electron chi connectivity index (χ1n) is 5.75. The van der Waals surface area contributed by atoms with Crippen LogP contribution in [0.3, 0.4) is 0 Å². The van der Waals surface area contributed by atoms with E-state index in [9.17, 15) is 8.42 Å². The van der Waals surface area contributed by atoms with Gasteiger partial charge in [-0.25, -0.2) is 8.42 Å². The van der Waals surface area contributed by atoms with Crippen molar-refractivity contribution in [2.45, 2.75) is 24.6 Å². The van der Waals surface area contributed by atoms with Gasteiger partial charge in [0.1, 0.15) is 0 Å². The first-order chi connectivity index (χ1) is 8.09. The molecule has 3 nitrogen and oxygen atoms in total. The van der Waals surface area contributed by atoms with Crippen LogP contribution >= 0.6 is 11.6 Å². The molecule has 1 aliphatic heterocycles. The molecule has 2 rings (SSSR count). The third kappa shape index (κ3) is 3.21. The van der Waals surface area contributed by atoms with Crippen LogP contribution < -0.4 is 5.32 Å². The highest BCUT2D eigenvalue weighted by atomic mass is 35.5. The van der Waals surface area contributed by atoms with Gasteiger partial charge in [0.15, 0.2) is 9.84 Å². The van der Waals surface area contributed by atoms with Crippen LogP contribution in [-0.2, 0) is 16.4 Å². The number of benzene rings is 1. The van der Waals surface area contributed by atoms with Crippen LogP contribution in [0, 0.1) is 0 Å². The van der Waals surface area contributed by atoms with Crippen LogP contribution in [0.4, 0.5) is 0 Å². The Bertz CT molecular complexity index is 487. The maximum atomic E-state index is 11.6. The molecular formula is C12H16ClNO2S. The quantitative estimate of drug-likeness (QED) is 0.913. The summed E-state index contributed by atoms with van der Waals surface area (Å²) in [6, 6.07) is 7.59. The summed E-state index contributed by atoms with van der Waals surface area (Å²) in [5.74, 6) is 0.339. The Hall–Kier alpha value is -0.580. The molecule has 1 heterocycles. The summed E-state index contributed by atoms with van der Waals surface area (Å²) in [7, 11) is -2.85. The van der Waals surface area contributed by atoms with Crippen molar-refractivity contribution in [2.75, 3.05) is 12.3 Å². The van der Waals surface area contributed by atoms with Gasteiger partial charge < -0.3 is 5.32 Å². The van der Waals surface area contributed by atoms with Crippen molar-refractivity contribution in [2.24, 2.45) is 0 Å². The molecule has 1 fully saturated rings. The fourth-order valence-corrected chi connectivity index (χ4v) is 4.10. The Labute approximate surface area is 107 Å². The number of hydrogen-bond acceptors (Lipinski definition) is 3.